The van der Waals surface area contributed by atoms with E-state index in [1.807, 2.05) is 31.2 Å². The summed E-state index contributed by atoms with van der Waals surface area (Å²) in [5.41, 5.74) is 2.47. The van der Waals surface area contributed by atoms with Gasteiger partial charge in [0.25, 0.3) is 5.91 Å². The Kier molecular flexibility index (Phi) is 4.03. The molecule has 0 aromatic heterocycles. The lowest BCUT2D eigenvalue weighted by molar-refractivity contribution is -0.124. The number of nitrogens with zero attached hydrogens (tertiary/aromatic N) is 2. The third-order valence-corrected chi connectivity index (χ3v) is 4.85. The Morgan fingerprint density at radius 2 is 1.88 bits per heavy atom. The van der Waals surface area contributed by atoms with Crippen LogP contribution in [0.15, 0.2) is 42.5 Å². The normalized spacial score (nSPS) is 19.0. The summed E-state index contributed by atoms with van der Waals surface area (Å²) in [7, 11) is 0. The molecule has 0 saturated carbocycles. The minimum Gasteiger partial charge on any atom is -0.454 e. The molecule has 1 saturated heterocycles. The highest BCUT2D eigenvalue weighted by Gasteiger charge is 2.35. The average molecular weight is 352 g/mol. The first-order chi connectivity index (χ1) is 12.5. The number of hydrogen-bond acceptors (Lipinski definition) is 4. The quantitative estimate of drug-likeness (QED) is 0.834. The molecule has 1 atom stereocenters. The van der Waals surface area contributed by atoms with Crippen molar-refractivity contribution in [1.29, 1.82) is 0 Å². The SMILES string of the molecule is Cc1cccc(N2CCN(C(=O)c3ccc4c(c3)OCO4)[C@H](C)C2=O)c1. The number of hydrogen-bond donors (Lipinski definition) is 0. The summed E-state index contributed by atoms with van der Waals surface area (Å²) in [6.45, 7) is 4.89. The molecule has 2 aromatic rings. The van der Waals surface area contributed by atoms with E-state index in [-0.39, 0.29) is 18.6 Å². The molecule has 0 spiro atoms. The third-order valence-electron chi connectivity index (χ3n) is 4.85. The zero-order chi connectivity index (χ0) is 18.3. The standard InChI is InChI=1S/C20H20N2O4/c1-13-4-3-5-16(10-13)22-9-8-21(14(2)19(22)23)20(24)15-6-7-17-18(11-15)26-12-25-17/h3-7,10-11,14H,8-9,12H2,1-2H3/t14-/m1/s1. The predicted molar refractivity (Wildman–Crippen MR) is 96.6 cm³/mol. The first-order valence-electron chi connectivity index (χ1n) is 8.63. The molecule has 134 valence electrons. The molecule has 2 amide bonds. The number of rotatable bonds is 2. The number of carbonyl (C=O) groups excluding carboxylic acids is 2. The van der Waals surface area contributed by atoms with E-state index in [1.165, 1.54) is 0 Å². The minimum atomic E-state index is -0.526. The molecule has 0 unspecified atom stereocenters. The Morgan fingerprint density at radius 1 is 1.08 bits per heavy atom. The van der Waals surface area contributed by atoms with Crippen LogP contribution in [0.25, 0.3) is 0 Å². The van der Waals surface area contributed by atoms with Gasteiger partial charge in [0, 0.05) is 24.3 Å². The number of fused-ring (bicyclic) bond motifs is 1. The monoisotopic (exact) mass is 352 g/mol. The number of aryl methyl sites for hydroxylation is 1. The molecule has 0 aliphatic carbocycles. The van der Waals surface area contributed by atoms with Crippen LogP contribution in [-0.2, 0) is 4.79 Å². The molecule has 6 heteroatoms. The van der Waals surface area contributed by atoms with Crippen LogP contribution in [0.4, 0.5) is 5.69 Å². The van der Waals surface area contributed by atoms with Crippen molar-refractivity contribution in [2.45, 2.75) is 19.9 Å². The molecular formula is C20H20N2O4. The van der Waals surface area contributed by atoms with Crippen molar-refractivity contribution in [3.8, 4) is 11.5 Å². The first-order valence-corrected chi connectivity index (χ1v) is 8.63. The van der Waals surface area contributed by atoms with Gasteiger partial charge in [0.1, 0.15) is 6.04 Å². The van der Waals surface area contributed by atoms with Crippen LogP contribution >= 0.6 is 0 Å². The van der Waals surface area contributed by atoms with Gasteiger partial charge in [-0.15, -0.1) is 0 Å². The Hall–Kier alpha value is -3.02. The van der Waals surface area contributed by atoms with Crippen molar-refractivity contribution in [3.05, 3.63) is 53.6 Å². The largest absolute Gasteiger partial charge is 0.454 e. The second kappa shape index (κ2) is 6.37. The van der Waals surface area contributed by atoms with Gasteiger partial charge < -0.3 is 19.3 Å². The molecule has 0 radical (unpaired) electrons. The Balaban J connectivity index is 1.54. The minimum absolute atomic E-state index is 0.0732. The van der Waals surface area contributed by atoms with Gasteiger partial charge in [-0.2, -0.15) is 0 Å². The zero-order valence-electron chi connectivity index (χ0n) is 14.8. The molecule has 26 heavy (non-hydrogen) atoms. The van der Waals surface area contributed by atoms with E-state index in [1.54, 1.807) is 34.9 Å². The number of ether oxygens (including phenoxy) is 2. The van der Waals surface area contributed by atoms with Gasteiger partial charge in [0.05, 0.1) is 0 Å². The van der Waals surface area contributed by atoms with Gasteiger partial charge in [0.15, 0.2) is 11.5 Å². The van der Waals surface area contributed by atoms with Crippen molar-refractivity contribution in [3.63, 3.8) is 0 Å². The fraction of sp³-hybridized carbons (Fsp3) is 0.300. The average Bonchev–Trinajstić information content (AvgIpc) is 3.11. The third kappa shape index (κ3) is 2.77. The maximum Gasteiger partial charge on any atom is 0.254 e. The molecule has 2 aromatic carbocycles. The van der Waals surface area contributed by atoms with Crippen LogP contribution in [0, 0.1) is 6.92 Å². The van der Waals surface area contributed by atoms with Crippen LogP contribution < -0.4 is 14.4 Å². The maximum atomic E-state index is 12.9. The van der Waals surface area contributed by atoms with E-state index in [9.17, 15) is 9.59 Å². The second-order valence-corrected chi connectivity index (χ2v) is 6.57. The van der Waals surface area contributed by atoms with E-state index in [0.717, 1.165) is 11.3 Å². The van der Waals surface area contributed by atoms with Crippen molar-refractivity contribution in [2.75, 3.05) is 24.8 Å². The number of anilines is 1. The summed E-state index contributed by atoms with van der Waals surface area (Å²) < 4.78 is 10.6. The molecule has 0 bridgehead atoms. The van der Waals surface area contributed by atoms with Crippen LogP contribution in [-0.4, -0.2) is 42.6 Å². The van der Waals surface area contributed by atoms with Crippen LogP contribution in [0.1, 0.15) is 22.8 Å². The molecule has 1 fully saturated rings. The van der Waals surface area contributed by atoms with E-state index < -0.39 is 6.04 Å². The smallest absolute Gasteiger partial charge is 0.254 e. The van der Waals surface area contributed by atoms with E-state index in [4.69, 9.17) is 9.47 Å². The lowest BCUT2D eigenvalue weighted by atomic mass is 10.1. The summed E-state index contributed by atoms with van der Waals surface area (Å²) in [4.78, 5) is 29.1. The van der Waals surface area contributed by atoms with Crippen LogP contribution in [0.2, 0.25) is 0 Å². The second-order valence-electron chi connectivity index (χ2n) is 6.57. The molecule has 2 aliphatic heterocycles. The van der Waals surface area contributed by atoms with Crippen LogP contribution in [0.5, 0.6) is 11.5 Å². The van der Waals surface area contributed by atoms with Gasteiger partial charge in [-0.3, -0.25) is 9.59 Å². The fourth-order valence-corrected chi connectivity index (χ4v) is 3.40. The Bertz CT molecular complexity index is 880. The number of piperazine rings is 1. The Morgan fingerprint density at radius 3 is 2.69 bits per heavy atom. The Labute approximate surface area is 151 Å². The van der Waals surface area contributed by atoms with Gasteiger partial charge in [-0.1, -0.05) is 12.1 Å². The summed E-state index contributed by atoms with van der Waals surface area (Å²) in [6, 6.07) is 12.4. The first kappa shape index (κ1) is 16.4. The van der Waals surface area contributed by atoms with Gasteiger partial charge in [0.2, 0.25) is 12.7 Å². The van der Waals surface area contributed by atoms with Gasteiger partial charge in [-0.05, 0) is 49.7 Å². The zero-order valence-corrected chi connectivity index (χ0v) is 14.8. The lowest BCUT2D eigenvalue weighted by Crippen LogP contribution is -2.57. The highest BCUT2D eigenvalue weighted by Crippen LogP contribution is 2.33. The van der Waals surface area contributed by atoms with Crippen molar-refractivity contribution < 1.29 is 19.1 Å². The summed E-state index contributed by atoms with van der Waals surface area (Å²) in [5, 5.41) is 0. The summed E-state index contributed by atoms with van der Waals surface area (Å²) in [6.07, 6.45) is 0. The highest BCUT2D eigenvalue weighted by atomic mass is 16.7. The predicted octanol–water partition coefficient (Wildman–Crippen LogP) is 2.60. The van der Waals surface area contributed by atoms with Crippen molar-refractivity contribution in [1.82, 2.24) is 4.90 Å². The summed E-state index contributed by atoms with van der Waals surface area (Å²) >= 11 is 0. The van der Waals surface area contributed by atoms with Gasteiger partial charge in [-0.25, -0.2) is 0 Å². The van der Waals surface area contributed by atoms with Gasteiger partial charge >= 0.3 is 0 Å². The lowest BCUT2D eigenvalue weighted by Gasteiger charge is -2.39. The highest BCUT2D eigenvalue weighted by molar-refractivity contribution is 6.03. The van der Waals surface area contributed by atoms with E-state index >= 15 is 0 Å². The number of amides is 2. The molecule has 0 N–H and O–H groups in total. The fourth-order valence-electron chi connectivity index (χ4n) is 3.40. The number of carbonyl (C=O) groups is 2. The molecule has 6 nitrogen and oxygen atoms in total. The molecule has 2 heterocycles. The van der Waals surface area contributed by atoms with E-state index in [0.29, 0.717) is 30.2 Å². The summed E-state index contributed by atoms with van der Waals surface area (Å²) in [5.74, 6) is 0.951. The van der Waals surface area contributed by atoms with Crippen LogP contribution in [0.3, 0.4) is 0 Å². The maximum absolute atomic E-state index is 12.9. The molecule has 4 rings (SSSR count). The molecular weight excluding hydrogens is 332 g/mol. The van der Waals surface area contributed by atoms with Crippen molar-refractivity contribution in [2.24, 2.45) is 0 Å². The number of benzene rings is 2. The molecule has 2 aliphatic rings. The van der Waals surface area contributed by atoms with Crippen molar-refractivity contribution >= 4 is 17.5 Å². The topological polar surface area (TPSA) is 59.1 Å². The van der Waals surface area contributed by atoms with E-state index in [2.05, 4.69) is 0 Å².